The second-order valence-corrected chi connectivity index (χ2v) is 6.85. The highest BCUT2D eigenvalue weighted by molar-refractivity contribution is 5.71. The van der Waals surface area contributed by atoms with Crippen LogP contribution < -0.4 is 5.32 Å². The van der Waals surface area contributed by atoms with E-state index in [0.717, 1.165) is 30.7 Å². The molecule has 0 spiro atoms. The topological polar surface area (TPSA) is 46.0 Å². The molecule has 2 aliphatic heterocycles. The van der Waals surface area contributed by atoms with Crippen molar-refractivity contribution in [3.05, 3.63) is 24.2 Å². The predicted octanol–water partition coefficient (Wildman–Crippen LogP) is 2.73. The van der Waals surface area contributed by atoms with E-state index >= 15 is 0 Å². The van der Waals surface area contributed by atoms with Crippen LogP contribution >= 0.6 is 0 Å². The molecule has 1 N–H and O–H groups in total. The third-order valence-electron chi connectivity index (χ3n) is 5.40. The van der Waals surface area contributed by atoms with Gasteiger partial charge in [-0.15, -0.1) is 0 Å². The van der Waals surface area contributed by atoms with Gasteiger partial charge in [0.05, 0.1) is 6.17 Å². The standard InChI is InChI=1S/C18H27N5/c1-2-22-12-6-9-17(22)23-16(13-14-7-3-4-10-19-14)21-15-8-5-11-20-18(15)23/h5,8,11,14,17,19H,2-4,6-7,9-10,12-13H2,1H3. The lowest BCUT2D eigenvalue weighted by molar-refractivity contribution is 0.201. The highest BCUT2D eigenvalue weighted by atomic mass is 15.3. The van der Waals surface area contributed by atoms with Crippen LogP contribution in [0.2, 0.25) is 0 Å². The van der Waals surface area contributed by atoms with Crippen molar-refractivity contribution in [2.24, 2.45) is 0 Å². The van der Waals surface area contributed by atoms with E-state index in [-0.39, 0.29) is 0 Å². The molecule has 0 aromatic carbocycles. The lowest BCUT2D eigenvalue weighted by Gasteiger charge is -2.28. The Bertz CT molecular complexity index is 658. The van der Waals surface area contributed by atoms with Gasteiger partial charge in [-0.05, 0) is 50.9 Å². The van der Waals surface area contributed by atoms with Gasteiger partial charge in [-0.1, -0.05) is 13.3 Å². The summed E-state index contributed by atoms with van der Waals surface area (Å²) in [5.74, 6) is 1.21. The van der Waals surface area contributed by atoms with Crippen molar-refractivity contribution in [1.82, 2.24) is 24.8 Å². The molecular weight excluding hydrogens is 286 g/mol. The highest BCUT2D eigenvalue weighted by Crippen LogP contribution is 2.31. The van der Waals surface area contributed by atoms with Crippen LogP contribution in [0.25, 0.3) is 11.2 Å². The molecule has 0 saturated carbocycles. The van der Waals surface area contributed by atoms with Gasteiger partial charge >= 0.3 is 0 Å². The number of nitrogens with one attached hydrogen (secondary N) is 1. The summed E-state index contributed by atoms with van der Waals surface area (Å²) in [6, 6.07) is 4.66. The first kappa shape index (κ1) is 15.1. The Hall–Kier alpha value is -1.46. The fourth-order valence-corrected chi connectivity index (χ4v) is 4.22. The summed E-state index contributed by atoms with van der Waals surface area (Å²) in [5.41, 5.74) is 2.10. The van der Waals surface area contributed by atoms with E-state index in [9.17, 15) is 0 Å². The van der Waals surface area contributed by atoms with Gasteiger partial charge in [0, 0.05) is 25.2 Å². The number of nitrogens with zero attached hydrogens (tertiary/aromatic N) is 4. The molecule has 2 aliphatic rings. The van der Waals surface area contributed by atoms with Crippen LogP contribution in [0.15, 0.2) is 18.3 Å². The molecule has 5 heteroatoms. The van der Waals surface area contributed by atoms with E-state index in [2.05, 4.69) is 32.8 Å². The predicted molar refractivity (Wildman–Crippen MR) is 92.4 cm³/mol. The summed E-state index contributed by atoms with van der Waals surface area (Å²) in [5, 5.41) is 3.67. The van der Waals surface area contributed by atoms with Crippen LogP contribution in [0.5, 0.6) is 0 Å². The number of fused-ring (bicyclic) bond motifs is 1. The molecule has 23 heavy (non-hydrogen) atoms. The van der Waals surface area contributed by atoms with Crippen LogP contribution in [-0.4, -0.2) is 45.1 Å². The van der Waals surface area contributed by atoms with Crippen molar-refractivity contribution >= 4 is 11.2 Å². The Morgan fingerprint density at radius 1 is 1.26 bits per heavy atom. The number of piperidine rings is 1. The van der Waals surface area contributed by atoms with Crippen LogP contribution in [0.1, 0.15) is 51.0 Å². The zero-order valence-electron chi connectivity index (χ0n) is 14.0. The van der Waals surface area contributed by atoms with Crippen molar-refractivity contribution in [3.63, 3.8) is 0 Å². The summed E-state index contributed by atoms with van der Waals surface area (Å²) >= 11 is 0. The lowest BCUT2D eigenvalue weighted by atomic mass is 10.0. The first-order valence-corrected chi connectivity index (χ1v) is 9.16. The van der Waals surface area contributed by atoms with Crippen molar-refractivity contribution in [2.75, 3.05) is 19.6 Å². The Labute approximate surface area is 138 Å². The Balaban J connectivity index is 1.72. The smallest absolute Gasteiger partial charge is 0.161 e. The number of imidazole rings is 1. The number of likely N-dealkylation sites (tertiary alicyclic amines) is 1. The first-order chi connectivity index (χ1) is 11.4. The van der Waals surface area contributed by atoms with E-state index in [4.69, 9.17) is 4.98 Å². The lowest BCUT2D eigenvalue weighted by Crippen LogP contribution is -2.37. The van der Waals surface area contributed by atoms with Crippen molar-refractivity contribution in [1.29, 1.82) is 0 Å². The molecule has 124 valence electrons. The summed E-state index contributed by atoms with van der Waals surface area (Å²) in [6.07, 6.45) is 9.73. The maximum absolute atomic E-state index is 4.95. The normalized spacial score (nSPS) is 26.1. The SMILES string of the molecule is CCN1CCCC1n1c(CC2CCCCN2)nc2cccnc21. The zero-order chi connectivity index (χ0) is 15.6. The first-order valence-electron chi connectivity index (χ1n) is 9.16. The highest BCUT2D eigenvalue weighted by Gasteiger charge is 2.29. The molecule has 2 fully saturated rings. The molecular formula is C18H27N5. The fourth-order valence-electron chi connectivity index (χ4n) is 4.22. The van der Waals surface area contributed by atoms with Crippen LogP contribution in [-0.2, 0) is 6.42 Å². The van der Waals surface area contributed by atoms with Crippen LogP contribution in [0.3, 0.4) is 0 Å². The molecule has 4 heterocycles. The van der Waals surface area contributed by atoms with Gasteiger partial charge in [0.15, 0.2) is 5.65 Å². The zero-order valence-corrected chi connectivity index (χ0v) is 14.0. The molecule has 0 radical (unpaired) electrons. The number of hydrogen-bond acceptors (Lipinski definition) is 4. The Kier molecular flexibility index (Phi) is 4.31. The number of hydrogen-bond donors (Lipinski definition) is 1. The largest absolute Gasteiger partial charge is 0.314 e. The fraction of sp³-hybridized carbons (Fsp3) is 0.667. The third kappa shape index (κ3) is 2.88. The number of pyridine rings is 1. The van der Waals surface area contributed by atoms with Gasteiger partial charge in [0.2, 0.25) is 0 Å². The third-order valence-corrected chi connectivity index (χ3v) is 5.40. The molecule has 2 aromatic rings. The summed E-state index contributed by atoms with van der Waals surface area (Å²) < 4.78 is 2.43. The van der Waals surface area contributed by atoms with Gasteiger partial charge in [-0.25, -0.2) is 9.97 Å². The Morgan fingerprint density at radius 3 is 3.04 bits per heavy atom. The maximum atomic E-state index is 4.95. The summed E-state index contributed by atoms with van der Waals surface area (Å²) in [6.45, 7) is 5.69. The molecule has 2 aromatic heterocycles. The van der Waals surface area contributed by atoms with Crippen molar-refractivity contribution < 1.29 is 0 Å². The van der Waals surface area contributed by atoms with Gasteiger partial charge in [-0.3, -0.25) is 9.47 Å². The molecule has 0 aliphatic carbocycles. The second-order valence-electron chi connectivity index (χ2n) is 6.85. The minimum atomic E-state index is 0.429. The minimum absolute atomic E-state index is 0.429. The van der Waals surface area contributed by atoms with Crippen LogP contribution in [0, 0.1) is 0 Å². The Morgan fingerprint density at radius 2 is 2.22 bits per heavy atom. The van der Waals surface area contributed by atoms with Gasteiger partial charge in [0.1, 0.15) is 11.3 Å². The molecule has 0 amide bonds. The molecule has 2 saturated heterocycles. The minimum Gasteiger partial charge on any atom is -0.314 e. The monoisotopic (exact) mass is 313 g/mol. The molecule has 5 nitrogen and oxygen atoms in total. The van der Waals surface area contributed by atoms with Gasteiger partial charge < -0.3 is 5.32 Å². The number of aromatic nitrogens is 3. The average molecular weight is 313 g/mol. The average Bonchev–Trinajstić information content (AvgIpc) is 3.18. The van der Waals surface area contributed by atoms with E-state index in [0.29, 0.717) is 12.2 Å². The molecule has 0 bridgehead atoms. The van der Waals surface area contributed by atoms with Crippen molar-refractivity contribution in [3.8, 4) is 0 Å². The second kappa shape index (κ2) is 6.57. The molecule has 2 atom stereocenters. The van der Waals surface area contributed by atoms with Gasteiger partial charge in [-0.2, -0.15) is 0 Å². The molecule has 4 rings (SSSR count). The van der Waals surface area contributed by atoms with E-state index in [1.165, 1.54) is 44.5 Å². The summed E-state index contributed by atoms with van der Waals surface area (Å²) in [7, 11) is 0. The van der Waals surface area contributed by atoms with E-state index in [1.54, 1.807) is 0 Å². The summed E-state index contributed by atoms with van der Waals surface area (Å²) in [4.78, 5) is 12.2. The molecule has 2 unspecified atom stereocenters. The van der Waals surface area contributed by atoms with E-state index in [1.807, 2.05) is 12.3 Å². The van der Waals surface area contributed by atoms with Crippen LogP contribution in [0.4, 0.5) is 0 Å². The van der Waals surface area contributed by atoms with Gasteiger partial charge in [0.25, 0.3) is 0 Å². The van der Waals surface area contributed by atoms with E-state index < -0.39 is 0 Å². The quantitative estimate of drug-likeness (QED) is 0.943. The van der Waals surface area contributed by atoms with Crippen molar-refractivity contribution in [2.45, 2.75) is 57.7 Å². The number of rotatable bonds is 4. The maximum Gasteiger partial charge on any atom is 0.161 e.